The quantitative estimate of drug-likeness (QED) is 0.501. The van der Waals surface area contributed by atoms with Gasteiger partial charge in [-0.15, -0.1) is 0 Å². The topological polar surface area (TPSA) is 65.1 Å². The molecule has 1 heterocycles. The van der Waals surface area contributed by atoms with E-state index in [0.29, 0.717) is 11.3 Å². The molecule has 0 aliphatic carbocycles. The van der Waals surface area contributed by atoms with Crippen molar-refractivity contribution < 1.29 is 23.8 Å². The Morgan fingerprint density at radius 1 is 1.28 bits per heavy atom. The van der Waals surface area contributed by atoms with E-state index in [1.165, 1.54) is 12.7 Å². The number of carbonyl (C=O) groups is 2. The van der Waals surface area contributed by atoms with E-state index in [-0.39, 0.29) is 6.61 Å². The molecule has 1 amide bonds. The molecule has 0 spiro atoms. The number of amides is 1. The molecule has 0 N–H and O–H groups in total. The third-order valence-electron chi connectivity index (χ3n) is 4.32. The first-order chi connectivity index (χ1) is 13.5. The van der Waals surface area contributed by atoms with Crippen LogP contribution in [-0.2, 0) is 24.8 Å². The molecular formula is C22H31NO5S. The van der Waals surface area contributed by atoms with E-state index in [1.807, 2.05) is 65.0 Å². The van der Waals surface area contributed by atoms with Gasteiger partial charge in [-0.3, -0.25) is 4.90 Å². The van der Waals surface area contributed by atoms with Crippen LogP contribution in [0.1, 0.15) is 40.2 Å². The molecule has 7 heteroatoms. The molecule has 1 fully saturated rings. The van der Waals surface area contributed by atoms with E-state index in [4.69, 9.17) is 14.2 Å². The maximum absolute atomic E-state index is 12.8. The summed E-state index contributed by atoms with van der Waals surface area (Å²) < 4.78 is 16.3. The first kappa shape index (κ1) is 23.3. The van der Waals surface area contributed by atoms with Gasteiger partial charge in [-0.25, -0.2) is 9.59 Å². The van der Waals surface area contributed by atoms with Gasteiger partial charge in [-0.1, -0.05) is 30.3 Å². The van der Waals surface area contributed by atoms with E-state index in [1.54, 1.807) is 22.7 Å². The molecule has 1 saturated heterocycles. The Kier molecular flexibility index (Phi) is 7.77. The molecule has 1 aliphatic rings. The molecule has 160 valence electrons. The normalized spacial score (nSPS) is 19.2. The maximum atomic E-state index is 12.8. The van der Waals surface area contributed by atoms with Gasteiger partial charge in [0.15, 0.2) is 0 Å². The Morgan fingerprint density at radius 2 is 1.93 bits per heavy atom. The Hall–Kier alpha value is -1.99. The van der Waals surface area contributed by atoms with Gasteiger partial charge < -0.3 is 14.2 Å². The Balaban J connectivity index is 2.16. The van der Waals surface area contributed by atoms with Crippen LogP contribution in [0.15, 0.2) is 42.0 Å². The van der Waals surface area contributed by atoms with Crippen molar-refractivity contribution in [1.82, 2.24) is 4.90 Å². The number of ether oxygens (including phenoxy) is 3. The van der Waals surface area contributed by atoms with Gasteiger partial charge in [0.05, 0.1) is 19.8 Å². The molecule has 0 unspecified atom stereocenters. The van der Waals surface area contributed by atoms with Crippen LogP contribution in [0.3, 0.4) is 0 Å². The highest BCUT2D eigenvalue weighted by molar-refractivity contribution is 7.98. The molecular weight excluding hydrogens is 390 g/mol. The maximum Gasteiger partial charge on any atom is 0.413 e. The van der Waals surface area contributed by atoms with Gasteiger partial charge in [-0.05, 0) is 46.3 Å². The number of hydrogen-bond acceptors (Lipinski definition) is 6. The predicted molar refractivity (Wildman–Crippen MR) is 115 cm³/mol. The fourth-order valence-corrected chi connectivity index (χ4v) is 3.98. The zero-order chi connectivity index (χ0) is 21.7. The summed E-state index contributed by atoms with van der Waals surface area (Å²) in [6, 6.07) is 9.64. The molecule has 29 heavy (non-hydrogen) atoms. The van der Waals surface area contributed by atoms with E-state index in [0.717, 1.165) is 5.75 Å². The fraction of sp³-hybridized carbons (Fsp3) is 0.545. The van der Waals surface area contributed by atoms with E-state index in [2.05, 4.69) is 0 Å². The van der Waals surface area contributed by atoms with Gasteiger partial charge in [0.1, 0.15) is 11.3 Å². The van der Waals surface area contributed by atoms with E-state index >= 15 is 0 Å². The van der Waals surface area contributed by atoms with Crippen molar-refractivity contribution in [2.45, 2.75) is 57.7 Å². The van der Waals surface area contributed by atoms with Gasteiger partial charge in [-0.2, -0.15) is 11.8 Å². The number of nitrogens with zero attached hydrogens (tertiary/aromatic N) is 1. The molecule has 2 rings (SSSR count). The van der Waals surface area contributed by atoms with Crippen LogP contribution in [0.2, 0.25) is 0 Å². The highest BCUT2D eigenvalue weighted by Gasteiger charge is 2.45. The minimum atomic E-state index is -0.831. The summed E-state index contributed by atoms with van der Waals surface area (Å²) in [5.74, 6) is 0.845. The summed E-state index contributed by atoms with van der Waals surface area (Å²) in [6.07, 6.45) is 1.30. The van der Waals surface area contributed by atoms with Crippen LogP contribution in [-0.4, -0.2) is 53.8 Å². The molecule has 1 aliphatic heterocycles. The number of rotatable bonds is 6. The number of hydrogen-bond donors (Lipinski definition) is 0. The predicted octanol–water partition coefficient (Wildman–Crippen LogP) is 4.39. The van der Waals surface area contributed by atoms with Gasteiger partial charge in [0.2, 0.25) is 0 Å². The number of methoxy groups -OCH3 is 1. The monoisotopic (exact) mass is 421 g/mol. The highest BCUT2D eigenvalue weighted by Crippen LogP contribution is 2.31. The van der Waals surface area contributed by atoms with Gasteiger partial charge >= 0.3 is 12.1 Å². The van der Waals surface area contributed by atoms with Crippen LogP contribution in [0.4, 0.5) is 4.79 Å². The number of benzene rings is 1. The summed E-state index contributed by atoms with van der Waals surface area (Å²) in [4.78, 5) is 26.7. The summed E-state index contributed by atoms with van der Waals surface area (Å²) in [5.41, 5.74) is 0.235. The largest absolute Gasteiger partial charge is 0.466 e. The van der Waals surface area contributed by atoms with E-state index < -0.39 is 29.4 Å². The summed E-state index contributed by atoms with van der Waals surface area (Å²) in [5, 5.41) is 0. The summed E-state index contributed by atoms with van der Waals surface area (Å²) >= 11 is 1.62. The Labute approximate surface area is 177 Å². The lowest BCUT2D eigenvalue weighted by Gasteiger charge is -2.34. The summed E-state index contributed by atoms with van der Waals surface area (Å²) in [6.45, 7) is 9.37. The SMILES string of the molecule is COC(=O)/C(=C/[C@H]1COC(C)(C)N1C(=O)OC(C)(C)C)CSCc1ccccc1. The Morgan fingerprint density at radius 3 is 2.52 bits per heavy atom. The fourth-order valence-electron chi connectivity index (χ4n) is 3.01. The third-order valence-corrected chi connectivity index (χ3v) is 5.37. The minimum Gasteiger partial charge on any atom is -0.466 e. The lowest BCUT2D eigenvalue weighted by atomic mass is 10.1. The first-order valence-electron chi connectivity index (χ1n) is 9.60. The summed E-state index contributed by atoms with van der Waals surface area (Å²) in [7, 11) is 1.36. The van der Waals surface area contributed by atoms with Crippen molar-refractivity contribution >= 4 is 23.8 Å². The van der Waals surface area contributed by atoms with Gasteiger partial charge in [0.25, 0.3) is 0 Å². The minimum absolute atomic E-state index is 0.288. The molecule has 0 saturated carbocycles. The second-order valence-corrected chi connectivity index (χ2v) is 9.32. The van der Waals surface area contributed by atoms with Crippen LogP contribution in [0, 0.1) is 0 Å². The molecule has 1 atom stereocenters. The molecule has 6 nitrogen and oxygen atoms in total. The van der Waals surface area contributed by atoms with Crippen molar-refractivity contribution in [3.8, 4) is 0 Å². The number of thioether (sulfide) groups is 1. The second kappa shape index (κ2) is 9.67. The molecule has 1 aromatic rings. The average molecular weight is 422 g/mol. The molecule has 0 radical (unpaired) electrons. The van der Waals surface area contributed by atoms with Crippen LogP contribution >= 0.6 is 11.8 Å². The third kappa shape index (κ3) is 6.78. The molecule has 0 aromatic heterocycles. The van der Waals surface area contributed by atoms with E-state index in [9.17, 15) is 9.59 Å². The zero-order valence-corrected chi connectivity index (χ0v) is 18.9. The highest BCUT2D eigenvalue weighted by atomic mass is 32.2. The van der Waals surface area contributed by atoms with Crippen molar-refractivity contribution in [3.63, 3.8) is 0 Å². The number of esters is 1. The standard InChI is InChI=1S/C22H31NO5S/c1-21(2,3)28-20(25)23-18(13-27-22(23,4)5)12-17(19(24)26-6)15-29-14-16-10-8-7-9-11-16/h7-12,18H,13-15H2,1-6H3/b17-12+/t18-/m0/s1. The van der Waals surface area contributed by atoms with Crippen LogP contribution in [0.25, 0.3) is 0 Å². The van der Waals surface area contributed by atoms with Crippen molar-refractivity contribution in [3.05, 3.63) is 47.5 Å². The van der Waals surface area contributed by atoms with Crippen molar-refractivity contribution in [1.29, 1.82) is 0 Å². The van der Waals surface area contributed by atoms with Crippen LogP contribution < -0.4 is 0 Å². The molecule has 1 aromatic carbocycles. The lowest BCUT2D eigenvalue weighted by molar-refractivity contribution is -0.136. The Bertz CT molecular complexity index is 739. The van der Waals surface area contributed by atoms with Crippen molar-refractivity contribution in [2.24, 2.45) is 0 Å². The lowest BCUT2D eigenvalue weighted by Crippen LogP contribution is -2.49. The van der Waals surface area contributed by atoms with Gasteiger partial charge in [0, 0.05) is 17.1 Å². The average Bonchev–Trinajstić information content (AvgIpc) is 2.94. The number of carbonyl (C=O) groups excluding carboxylic acids is 2. The smallest absolute Gasteiger partial charge is 0.413 e. The first-order valence-corrected chi connectivity index (χ1v) is 10.8. The van der Waals surface area contributed by atoms with Crippen LogP contribution in [0.5, 0.6) is 0 Å². The van der Waals surface area contributed by atoms with Crippen molar-refractivity contribution in [2.75, 3.05) is 19.5 Å². The molecule has 0 bridgehead atoms. The second-order valence-electron chi connectivity index (χ2n) is 8.34. The zero-order valence-electron chi connectivity index (χ0n) is 18.1.